The molecule has 1 fully saturated rings. The molecule has 5 nitrogen and oxygen atoms in total. The maximum Gasteiger partial charge on any atom is 0.492 e. The molecule has 0 aromatic carbocycles. The van der Waals surface area contributed by atoms with Crippen molar-refractivity contribution in [1.82, 2.24) is 4.98 Å². The van der Waals surface area contributed by atoms with Gasteiger partial charge in [-0.3, -0.25) is 4.79 Å². The van der Waals surface area contributed by atoms with Gasteiger partial charge in [0.15, 0.2) is 11.3 Å². The molecule has 108 valence electrons. The van der Waals surface area contributed by atoms with Gasteiger partial charge in [0.2, 0.25) is 0 Å². The van der Waals surface area contributed by atoms with E-state index in [1.807, 2.05) is 27.7 Å². The lowest BCUT2D eigenvalue weighted by molar-refractivity contribution is 0.00578. The molecule has 0 radical (unpaired) electrons. The molecule has 7 heteroatoms. The number of hydrogen-bond acceptors (Lipinski definition) is 6. The van der Waals surface area contributed by atoms with Crippen LogP contribution < -0.4 is 0 Å². The lowest BCUT2D eigenvalue weighted by atomic mass is 9.78. The highest BCUT2D eigenvalue weighted by Gasteiger charge is 2.52. The SMILES string of the molecule is CC1(C)OB(C(=Cc2csc(C=O)n2)CO)OC1(C)C. The van der Waals surface area contributed by atoms with Gasteiger partial charge in [-0.25, -0.2) is 4.98 Å². The van der Waals surface area contributed by atoms with Crippen molar-refractivity contribution in [2.24, 2.45) is 0 Å². The zero-order valence-corrected chi connectivity index (χ0v) is 12.9. The largest absolute Gasteiger partial charge is 0.492 e. The molecule has 0 spiro atoms. The average molecular weight is 295 g/mol. The number of carbonyl (C=O) groups excluding carboxylic acids is 1. The Bertz CT molecular complexity index is 522. The number of thiazole rings is 1. The van der Waals surface area contributed by atoms with E-state index in [0.717, 1.165) is 0 Å². The lowest BCUT2D eigenvalue weighted by Gasteiger charge is -2.32. The third kappa shape index (κ3) is 2.86. The number of hydrogen-bond donors (Lipinski definition) is 1. The minimum absolute atomic E-state index is 0.190. The molecule has 1 N–H and O–H groups in total. The molecule has 0 aliphatic carbocycles. The van der Waals surface area contributed by atoms with Crippen LogP contribution in [0, 0.1) is 0 Å². The van der Waals surface area contributed by atoms with Crippen LogP contribution in [-0.2, 0) is 9.31 Å². The molecule has 1 aliphatic rings. The second-order valence-electron chi connectivity index (χ2n) is 5.69. The molecule has 0 bridgehead atoms. The first-order chi connectivity index (χ1) is 9.29. The van der Waals surface area contributed by atoms with E-state index in [9.17, 15) is 9.90 Å². The molecular weight excluding hydrogens is 277 g/mol. The summed E-state index contributed by atoms with van der Waals surface area (Å²) < 4.78 is 11.8. The third-order valence-electron chi connectivity index (χ3n) is 3.71. The highest BCUT2D eigenvalue weighted by atomic mass is 32.1. The van der Waals surface area contributed by atoms with Crippen molar-refractivity contribution in [2.75, 3.05) is 6.61 Å². The van der Waals surface area contributed by atoms with Crippen LogP contribution in [0.4, 0.5) is 0 Å². The van der Waals surface area contributed by atoms with E-state index in [2.05, 4.69) is 4.98 Å². The molecule has 20 heavy (non-hydrogen) atoms. The van der Waals surface area contributed by atoms with Gasteiger partial charge in [0.1, 0.15) is 0 Å². The van der Waals surface area contributed by atoms with Crippen molar-refractivity contribution in [3.8, 4) is 0 Å². The predicted molar refractivity (Wildman–Crippen MR) is 78.6 cm³/mol. The second kappa shape index (κ2) is 5.40. The molecule has 0 saturated carbocycles. The quantitative estimate of drug-likeness (QED) is 0.679. The van der Waals surface area contributed by atoms with E-state index >= 15 is 0 Å². The van der Waals surface area contributed by atoms with E-state index in [0.29, 0.717) is 22.5 Å². The predicted octanol–water partition coefficient (Wildman–Crippen LogP) is 1.96. The molecule has 2 rings (SSSR count). The standard InChI is InChI=1S/C13H18BNO4S/c1-12(2)13(3,4)19-14(18-12)9(6-16)5-10-8-20-11(7-17)15-10/h5,7-8,16H,6H2,1-4H3. The van der Waals surface area contributed by atoms with Crippen molar-refractivity contribution in [3.63, 3.8) is 0 Å². The van der Waals surface area contributed by atoms with Crippen LogP contribution in [0.2, 0.25) is 0 Å². The van der Waals surface area contributed by atoms with E-state index in [1.165, 1.54) is 11.3 Å². The summed E-state index contributed by atoms with van der Waals surface area (Å²) in [5, 5.41) is 11.7. The summed E-state index contributed by atoms with van der Waals surface area (Å²) in [7, 11) is -0.605. The molecule has 0 atom stereocenters. The molecule has 1 aromatic heterocycles. The number of carbonyl (C=O) groups is 1. The summed E-state index contributed by atoms with van der Waals surface area (Å²) >= 11 is 1.26. The maximum atomic E-state index is 10.6. The Kier molecular flexibility index (Phi) is 4.15. The highest BCUT2D eigenvalue weighted by Crippen LogP contribution is 2.38. The Morgan fingerprint density at radius 1 is 1.40 bits per heavy atom. The number of aldehydes is 1. The van der Waals surface area contributed by atoms with Gasteiger partial charge >= 0.3 is 7.12 Å². The molecule has 0 unspecified atom stereocenters. The van der Waals surface area contributed by atoms with Crippen LogP contribution in [0.5, 0.6) is 0 Å². The normalized spacial score (nSPS) is 21.2. The Balaban J connectivity index is 2.23. The number of nitrogens with zero attached hydrogens (tertiary/aromatic N) is 1. The third-order valence-corrected chi connectivity index (χ3v) is 4.50. The minimum atomic E-state index is -0.605. The summed E-state index contributed by atoms with van der Waals surface area (Å²) in [6, 6.07) is 0. The van der Waals surface area contributed by atoms with Crippen LogP contribution in [0.15, 0.2) is 10.9 Å². The monoisotopic (exact) mass is 295 g/mol. The molecule has 1 aliphatic heterocycles. The first-order valence-electron chi connectivity index (χ1n) is 6.37. The van der Waals surface area contributed by atoms with Gasteiger partial charge in [0.05, 0.1) is 23.5 Å². The lowest BCUT2D eigenvalue weighted by Crippen LogP contribution is -2.41. The van der Waals surface area contributed by atoms with Crippen molar-refractivity contribution < 1.29 is 19.2 Å². The second-order valence-corrected chi connectivity index (χ2v) is 6.58. The highest BCUT2D eigenvalue weighted by molar-refractivity contribution is 7.11. The first kappa shape index (κ1) is 15.4. The van der Waals surface area contributed by atoms with Gasteiger partial charge in [-0.15, -0.1) is 11.3 Å². The van der Waals surface area contributed by atoms with E-state index in [1.54, 1.807) is 11.5 Å². The average Bonchev–Trinajstić information content (AvgIpc) is 2.89. The maximum absolute atomic E-state index is 10.6. The Labute approximate surface area is 122 Å². The summed E-state index contributed by atoms with van der Waals surface area (Å²) in [4.78, 5) is 14.7. The molecular formula is C13H18BNO4S. The first-order valence-corrected chi connectivity index (χ1v) is 7.25. The fourth-order valence-corrected chi connectivity index (χ4v) is 2.37. The smallest absolute Gasteiger partial charge is 0.400 e. The number of aliphatic hydroxyl groups is 1. The number of aliphatic hydroxyl groups excluding tert-OH is 1. The van der Waals surface area contributed by atoms with Gasteiger partial charge in [-0.1, -0.05) is 0 Å². The fraction of sp³-hybridized carbons (Fsp3) is 0.538. The Morgan fingerprint density at radius 3 is 2.45 bits per heavy atom. The summed E-state index contributed by atoms with van der Waals surface area (Å²) in [5.41, 5.74) is 0.298. The Morgan fingerprint density at radius 2 is 2.00 bits per heavy atom. The topological polar surface area (TPSA) is 68.7 Å². The molecule has 1 aromatic rings. The zero-order chi connectivity index (χ0) is 15.0. The van der Waals surface area contributed by atoms with Crippen LogP contribution >= 0.6 is 11.3 Å². The van der Waals surface area contributed by atoms with Crippen LogP contribution in [0.1, 0.15) is 43.2 Å². The van der Waals surface area contributed by atoms with Gasteiger partial charge in [-0.05, 0) is 39.2 Å². The van der Waals surface area contributed by atoms with Crippen molar-refractivity contribution >= 4 is 30.8 Å². The van der Waals surface area contributed by atoms with Crippen LogP contribution in [-0.4, -0.2) is 41.3 Å². The zero-order valence-electron chi connectivity index (χ0n) is 12.0. The minimum Gasteiger partial charge on any atom is -0.400 e. The summed E-state index contributed by atoms with van der Waals surface area (Å²) in [6.45, 7) is 7.63. The molecule has 1 saturated heterocycles. The van der Waals surface area contributed by atoms with E-state index < -0.39 is 18.3 Å². The number of aromatic nitrogens is 1. The van der Waals surface area contributed by atoms with Gasteiger partial charge in [0, 0.05) is 5.38 Å². The van der Waals surface area contributed by atoms with Crippen molar-refractivity contribution in [1.29, 1.82) is 0 Å². The van der Waals surface area contributed by atoms with Crippen LogP contribution in [0.3, 0.4) is 0 Å². The van der Waals surface area contributed by atoms with Crippen LogP contribution in [0.25, 0.3) is 6.08 Å². The number of rotatable bonds is 4. The fourth-order valence-electron chi connectivity index (χ4n) is 1.79. The van der Waals surface area contributed by atoms with E-state index in [4.69, 9.17) is 9.31 Å². The molecule has 0 amide bonds. The van der Waals surface area contributed by atoms with E-state index in [-0.39, 0.29) is 6.61 Å². The van der Waals surface area contributed by atoms with Crippen molar-refractivity contribution in [3.05, 3.63) is 21.6 Å². The van der Waals surface area contributed by atoms with Gasteiger partial charge in [-0.2, -0.15) is 0 Å². The van der Waals surface area contributed by atoms with Gasteiger partial charge < -0.3 is 14.4 Å². The summed E-state index contributed by atoms with van der Waals surface area (Å²) in [5.74, 6) is 0. The molecule has 2 heterocycles. The Hall–Kier alpha value is -1.02. The van der Waals surface area contributed by atoms with Crippen molar-refractivity contribution in [2.45, 2.75) is 38.9 Å². The van der Waals surface area contributed by atoms with Gasteiger partial charge in [0.25, 0.3) is 0 Å². The summed E-state index contributed by atoms with van der Waals surface area (Å²) in [6.07, 6.45) is 2.40.